The van der Waals surface area contributed by atoms with Crippen LogP contribution in [-0.4, -0.2) is 48.1 Å². The zero-order valence-corrected chi connectivity index (χ0v) is 13.3. The molecule has 5 nitrogen and oxygen atoms in total. The lowest BCUT2D eigenvalue weighted by Crippen LogP contribution is -2.28. The summed E-state index contributed by atoms with van der Waals surface area (Å²) in [5, 5.41) is 0.779. The lowest BCUT2D eigenvalue weighted by Gasteiger charge is -2.15. The minimum atomic E-state index is 0.00304. The van der Waals surface area contributed by atoms with E-state index in [0.29, 0.717) is 18.0 Å². The highest BCUT2D eigenvalue weighted by atomic mass is 32.1. The van der Waals surface area contributed by atoms with Crippen LogP contribution in [0.1, 0.15) is 21.8 Å². The first-order valence-corrected chi connectivity index (χ1v) is 7.58. The number of ether oxygens (including phenoxy) is 1. The number of amides is 1. The first-order valence-electron chi connectivity index (χ1n) is 6.76. The van der Waals surface area contributed by atoms with Crippen molar-refractivity contribution >= 4 is 17.2 Å². The van der Waals surface area contributed by atoms with Crippen molar-refractivity contribution in [3.05, 3.63) is 35.0 Å². The van der Waals surface area contributed by atoms with Crippen LogP contribution in [0.3, 0.4) is 0 Å². The van der Waals surface area contributed by atoms with E-state index in [4.69, 9.17) is 4.74 Å². The Morgan fingerprint density at radius 2 is 2.24 bits per heavy atom. The lowest BCUT2D eigenvalue weighted by molar-refractivity contribution is 0.0783. The monoisotopic (exact) mass is 305 g/mol. The maximum absolute atomic E-state index is 12.4. The lowest BCUT2D eigenvalue weighted by atomic mass is 10.3. The van der Waals surface area contributed by atoms with Gasteiger partial charge in [0, 0.05) is 33.5 Å². The number of hydrogen-bond acceptors (Lipinski definition) is 5. The van der Waals surface area contributed by atoms with Crippen LogP contribution in [0.5, 0.6) is 0 Å². The Bertz CT molecular complexity index is 598. The number of thiazole rings is 1. The van der Waals surface area contributed by atoms with Gasteiger partial charge in [-0.15, -0.1) is 11.3 Å². The molecule has 21 heavy (non-hydrogen) atoms. The molecule has 0 saturated carbocycles. The number of aryl methyl sites for hydroxylation is 1. The van der Waals surface area contributed by atoms with E-state index < -0.39 is 0 Å². The fourth-order valence-electron chi connectivity index (χ4n) is 1.91. The zero-order valence-electron chi connectivity index (χ0n) is 12.5. The van der Waals surface area contributed by atoms with Gasteiger partial charge in [0.25, 0.3) is 5.91 Å². The number of rotatable bonds is 6. The Labute approximate surface area is 128 Å². The normalized spacial score (nSPS) is 10.6. The smallest absolute Gasteiger partial charge is 0.265 e. The number of pyridine rings is 1. The fraction of sp³-hybridized carbons (Fsp3) is 0.400. The summed E-state index contributed by atoms with van der Waals surface area (Å²) in [6, 6.07) is 5.67. The van der Waals surface area contributed by atoms with E-state index in [-0.39, 0.29) is 5.91 Å². The van der Waals surface area contributed by atoms with Gasteiger partial charge in [0.05, 0.1) is 11.4 Å². The highest BCUT2D eigenvalue weighted by molar-refractivity contribution is 7.17. The summed E-state index contributed by atoms with van der Waals surface area (Å²) in [7, 11) is 3.46. The minimum Gasteiger partial charge on any atom is -0.385 e. The molecule has 6 heteroatoms. The molecule has 0 aromatic carbocycles. The Morgan fingerprint density at radius 1 is 1.43 bits per heavy atom. The molecule has 0 aliphatic heterocycles. The quantitative estimate of drug-likeness (QED) is 0.770. The third-order valence-electron chi connectivity index (χ3n) is 3.06. The van der Waals surface area contributed by atoms with Crippen LogP contribution in [0, 0.1) is 6.92 Å². The molecule has 2 heterocycles. The van der Waals surface area contributed by atoms with Crippen molar-refractivity contribution in [3.63, 3.8) is 0 Å². The first kappa shape index (κ1) is 15.6. The molecule has 0 unspecified atom stereocenters. The molecule has 1 amide bonds. The van der Waals surface area contributed by atoms with Crippen molar-refractivity contribution in [2.45, 2.75) is 13.3 Å². The van der Waals surface area contributed by atoms with Crippen LogP contribution in [-0.2, 0) is 4.74 Å². The van der Waals surface area contributed by atoms with Gasteiger partial charge < -0.3 is 9.64 Å². The molecule has 0 fully saturated rings. The van der Waals surface area contributed by atoms with Crippen LogP contribution in [0.15, 0.2) is 24.4 Å². The van der Waals surface area contributed by atoms with Crippen molar-refractivity contribution in [1.82, 2.24) is 14.9 Å². The van der Waals surface area contributed by atoms with Gasteiger partial charge in [-0.2, -0.15) is 0 Å². The summed E-state index contributed by atoms with van der Waals surface area (Å²) in [6.07, 6.45) is 2.55. The first-order chi connectivity index (χ1) is 10.1. The van der Waals surface area contributed by atoms with Gasteiger partial charge in [-0.05, 0) is 25.5 Å². The van der Waals surface area contributed by atoms with E-state index in [2.05, 4.69) is 9.97 Å². The van der Waals surface area contributed by atoms with E-state index in [0.717, 1.165) is 22.8 Å². The summed E-state index contributed by atoms with van der Waals surface area (Å²) in [4.78, 5) is 23.6. The van der Waals surface area contributed by atoms with Crippen molar-refractivity contribution in [2.75, 3.05) is 27.3 Å². The van der Waals surface area contributed by atoms with Gasteiger partial charge in [-0.25, -0.2) is 4.98 Å². The van der Waals surface area contributed by atoms with Gasteiger partial charge in [0.2, 0.25) is 0 Å². The second kappa shape index (κ2) is 7.28. The number of nitrogens with zero attached hydrogens (tertiary/aromatic N) is 3. The summed E-state index contributed by atoms with van der Waals surface area (Å²) >= 11 is 1.39. The second-order valence-corrected chi connectivity index (χ2v) is 5.72. The molecule has 0 radical (unpaired) electrons. The largest absolute Gasteiger partial charge is 0.385 e. The molecular weight excluding hydrogens is 286 g/mol. The summed E-state index contributed by atoms with van der Waals surface area (Å²) < 4.78 is 5.01. The van der Waals surface area contributed by atoms with E-state index in [1.54, 1.807) is 25.3 Å². The Hall–Kier alpha value is -1.79. The van der Waals surface area contributed by atoms with Gasteiger partial charge in [-0.1, -0.05) is 6.07 Å². The topological polar surface area (TPSA) is 55.3 Å². The van der Waals surface area contributed by atoms with E-state index in [9.17, 15) is 4.79 Å². The summed E-state index contributed by atoms with van der Waals surface area (Å²) in [5.74, 6) is 0.00304. The molecule has 2 aromatic rings. The third kappa shape index (κ3) is 3.86. The molecule has 0 spiro atoms. The molecule has 112 valence electrons. The number of carbonyl (C=O) groups is 1. The van der Waals surface area contributed by atoms with E-state index in [1.807, 2.05) is 25.1 Å². The highest BCUT2D eigenvalue weighted by Gasteiger charge is 2.19. The maximum atomic E-state index is 12.4. The molecule has 0 saturated heterocycles. The third-order valence-corrected chi connectivity index (χ3v) is 4.23. The van der Waals surface area contributed by atoms with Crippen LogP contribution >= 0.6 is 11.3 Å². The molecule has 0 aliphatic rings. The van der Waals surface area contributed by atoms with Gasteiger partial charge in [-0.3, -0.25) is 9.78 Å². The highest BCUT2D eigenvalue weighted by Crippen LogP contribution is 2.27. The average molecular weight is 305 g/mol. The molecule has 2 aromatic heterocycles. The van der Waals surface area contributed by atoms with Crippen LogP contribution in [0.2, 0.25) is 0 Å². The number of carbonyl (C=O) groups excluding carboxylic acids is 1. The number of methoxy groups -OCH3 is 1. The van der Waals surface area contributed by atoms with Crippen LogP contribution in [0.4, 0.5) is 0 Å². The predicted octanol–water partition coefficient (Wildman–Crippen LogP) is 2.62. The molecule has 2 rings (SSSR count). The van der Waals surface area contributed by atoms with Crippen molar-refractivity contribution in [1.29, 1.82) is 0 Å². The van der Waals surface area contributed by atoms with Gasteiger partial charge in [0.15, 0.2) is 0 Å². The van der Waals surface area contributed by atoms with E-state index >= 15 is 0 Å². The molecular formula is C15H19N3O2S. The van der Waals surface area contributed by atoms with E-state index in [1.165, 1.54) is 11.3 Å². The molecule has 0 aliphatic carbocycles. The zero-order chi connectivity index (χ0) is 15.2. The van der Waals surface area contributed by atoms with Crippen molar-refractivity contribution in [2.24, 2.45) is 0 Å². The maximum Gasteiger partial charge on any atom is 0.265 e. The van der Waals surface area contributed by atoms with Crippen molar-refractivity contribution in [3.8, 4) is 10.7 Å². The Morgan fingerprint density at radius 3 is 2.90 bits per heavy atom. The molecule has 0 N–H and O–H groups in total. The number of hydrogen-bond donors (Lipinski definition) is 0. The summed E-state index contributed by atoms with van der Waals surface area (Å²) in [5.41, 5.74) is 1.55. The Kier molecular flexibility index (Phi) is 5.41. The Balaban J connectivity index is 2.13. The standard InChI is InChI=1S/C15H19N3O2S/c1-11-13(15(19)18(2)9-6-10-20-3)21-14(17-11)12-7-4-5-8-16-12/h4-5,7-8H,6,9-10H2,1-3H3. The molecule has 0 bridgehead atoms. The predicted molar refractivity (Wildman–Crippen MR) is 83.5 cm³/mol. The van der Waals surface area contributed by atoms with Crippen LogP contribution < -0.4 is 0 Å². The fourth-order valence-corrected chi connectivity index (χ4v) is 2.95. The van der Waals surface area contributed by atoms with Crippen molar-refractivity contribution < 1.29 is 9.53 Å². The average Bonchev–Trinajstić information content (AvgIpc) is 2.89. The van der Waals surface area contributed by atoms with Crippen LogP contribution in [0.25, 0.3) is 10.7 Å². The number of aromatic nitrogens is 2. The van der Waals surface area contributed by atoms with Gasteiger partial charge >= 0.3 is 0 Å². The minimum absolute atomic E-state index is 0.00304. The summed E-state index contributed by atoms with van der Waals surface area (Å²) in [6.45, 7) is 3.18. The SMILES string of the molecule is COCCCN(C)C(=O)c1sc(-c2ccccn2)nc1C. The van der Waals surface area contributed by atoms with Gasteiger partial charge in [0.1, 0.15) is 9.88 Å². The molecule has 0 atom stereocenters. The second-order valence-electron chi connectivity index (χ2n) is 4.72.